The van der Waals surface area contributed by atoms with E-state index in [4.69, 9.17) is 28.1 Å². The number of ether oxygens (including phenoxy) is 5. The van der Waals surface area contributed by atoms with Crippen molar-refractivity contribution in [3.63, 3.8) is 0 Å². The highest BCUT2D eigenvalue weighted by Gasteiger charge is 2.26. The van der Waals surface area contributed by atoms with E-state index in [-0.39, 0.29) is 25.5 Å². The number of hydrogen-bond donors (Lipinski definition) is 1. The zero-order valence-electron chi connectivity index (χ0n) is 25.4. The van der Waals surface area contributed by atoms with Gasteiger partial charge in [0.2, 0.25) is 11.7 Å². The van der Waals surface area contributed by atoms with Gasteiger partial charge in [-0.3, -0.25) is 4.79 Å². The van der Waals surface area contributed by atoms with Crippen molar-refractivity contribution in [2.45, 2.75) is 19.9 Å². The van der Waals surface area contributed by atoms with E-state index in [0.29, 0.717) is 41.8 Å². The van der Waals surface area contributed by atoms with Gasteiger partial charge in [-0.25, -0.2) is 4.79 Å². The number of benzene rings is 2. The minimum Gasteiger partial charge on any atom is -0.497 e. The molecule has 43 heavy (non-hydrogen) atoms. The van der Waals surface area contributed by atoms with Gasteiger partial charge in [-0.2, -0.15) is 0 Å². The molecule has 0 aliphatic heterocycles. The Labute approximate surface area is 251 Å². The molecule has 0 fully saturated rings. The first-order valence-electron chi connectivity index (χ1n) is 13.8. The van der Waals surface area contributed by atoms with E-state index in [2.05, 4.69) is 5.32 Å². The van der Waals surface area contributed by atoms with Gasteiger partial charge in [-0.1, -0.05) is 6.07 Å². The molecule has 1 amide bonds. The number of fused-ring (bicyclic) bond motifs is 1. The fourth-order valence-corrected chi connectivity index (χ4v) is 4.74. The van der Waals surface area contributed by atoms with Crippen LogP contribution < -0.4 is 24.3 Å². The number of esters is 1. The second-order valence-electron chi connectivity index (χ2n) is 10.2. The Kier molecular flexibility index (Phi) is 10.5. The molecule has 4 rings (SSSR count). The highest BCUT2D eigenvalue weighted by atomic mass is 16.6. The van der Waals surface area contributed by atoms with E-state index in [1.165, 1.54) is 14.2 Å². The lowest BCUT2D eigenvalue weighted by molar-refractivity contribution is -0.146. The molecule has 0 atom stereocenters. The molecule has 0 unspecified atom stereocenters. The molecular weight excluding hydrogens is 552 g/mol. The Balaban J connectivity index is 1.61. The van der Waals surface area contributed by atoms with E-state index in [0.717, 1.165) is 33.4 Å². The molecule has 1 N–H and O–H groups in total. The smallest absolute Gasteiger partial charge is 0.344 e. The summed E-state index contributed by atoms with van der Waals surface area (Å²) in [6.07, 6.45) is 3.78. The minimum absolute atomic E-state index is 0.120. The van der Waals surface area contributed by atoms with Gasteiger partial charge in [0, 0.05) is 6.54 Å². The highest BCUT2D eigenvalue weighted by molar-refractivity contribution is 6.08. The Bertz CT molecular complexity index is 1480. The maximum Gasteiger partial charge on any atom is 0.344 e. The van der Waals surface area contributed by atoms with E-state index >= 15 is 0 Å². The standard InChI is InChI=1S/C33H38N2O8/c1-21-26(14-22-15-29(39-5)33(30(16-22)40-6)43-20-32(37)42-13-11-35(2)3)25-10-9-23(38-4)17-28(25)27(21)18-31(36)34-19-24-8-7-12-41-24/h7-10,12,14-17H,11,13,18-20H2,1-6H3,(H,34,36)/b26-14-. The Morgan fingerprint density at radius 3 is 2.35 bits per heavy atom. The van der Waals surface area contributed by atoms with Gasteiger partial charge in [0.1, 0.15) is 18.1 Å². The van der Waals surface area contributed by atoms with Gasteiger partial charge in [0.05, 0.1) is 40.6 Å². The monoisotopic (exact) mass is 590 g/mol. The summed E-state index contributed by atoms with van der Waals surface area (Å²) in [4.78, 5) is 27.1. The fourth-order valence-electron chi connectivity index (χ4n) is 4.74. The third kappa shape index (κ3) is 7.78. The summed E-state index contributed by atoms with van der Waals surface area (Å²) in [7, 11) is 8.46. The van der Waals surface area contributed by atoms with Crippen LogP contribution in [-0.2, 0) is 20.9 Å². The summed E-state index contributed by atoms with van der Waals surface area (Å²) in [5.74, 6) is 1.88. The summed E-state index contributed by atoms with van der Waals surface area (Å²) in [6.45, 7) is 2.91. The molecule has 1 aliphatic rings. The third-order valence-electron chi connectivity index (χ3n) is 7.01. The predicted octanol–water partition coefficient (Wildman–Crippen LogP) is 4.82. The highest BCUT2D eigenvalue weighted by Crippen LogP contribution is 2.46. The lowest BCUT2D eigenvalue weighted by atomic mass is 10.00. The van der Waals surface area contributed by atoms with Crippen LogP contribution in [0.4, 0.5) is 0 Å². The van der Waals surface area contributed by atoms with Crippen molar-refractivity contribution in [3.05, 3.63) is 76.8 Å². The van der Waals surface area contributed by atoms with E-state index in [1.807, 2.05) is 68.4 Å². The SMILES string of the molecule is COc1ccc2c(c1)C(CC(=O)NCc1ccco1)=C(C)/C2=C/c1cc(OC)c(OCC(=O)OCCN(C)C)c(OC)c1. The average Bonchev–Trinajstić information content (AvgIpc) is 3.61. The number of carbonyl (C=O) groups excluding carboxylic acids is 2. The predicted molar refractivity (Wildman–Crippen MR) is 163 cm³/mol. The summed E-state index contributed by atoms with van der Waals surface area (Å²) >= 11 is 0. The summed E-state index contributed by atoms with van der Waals surface area (Å²) in [5, 5.41) is 2.93. The molecule has 1 aromatic heterocycles. The second kappa shape index (κ2) is 14.5. The van der Waals surface area contributed by atoms with E-state index in [1.54, 1.807) is 19.4 Å². The van der Waals surface area contributed by atoms with Crippen LogP contribution in [0.15, 0.2) is 58.7 Å². The molecule has 1 heterocycles. The van der Waals surface area contributed by atoms with Gasteiger partial charge >= 0.3 is 5.97 Å². The van der Waals surface area contributed by atoms with Crippen molar-refractivity contribution in [2.24, 2.45) is 0 Å². The number of nitrogens with zero attached hydrogens (tertiary/aromatic N) is 1. The summed E-state index contributed by atoms with van der Waals surface area (Å²) < 4.78 is 33.0. The lowest BCUT2D eigenvalue weighted by Gasteiger charge is -2.16. The zero-order chi connectivity index (χ0) is 30.9. The molecule has 228 valence electrons. The van der Waals surface area contributed by atoms with Crippen LogP contribution >= 0.6 is 0 Å². The molecule has 1 aliphatic carbocycles. The first-order valence-corrected chi connectivity index (χ1v) is 13.8. The molecule has 0 radical (unpaired) electrons. The number of methoxy groups -OCH3 is 3. The molecule has 3 aromatic rings. The van der Waals surface area contributed by atoms with Crippen molar-refractivity contribution >= 4 is 29.1 Å². The van der Waals surface area contributed by atoms with Crippen LogP contribution in [0, 0.1) is 0 Å². The van der Waals surface area contributed by atoms with Crippen LogP contribution in [0.1, 0.15) is 35.8 Å². The maximum atomic E-state index is 13.0. The van der Waals surface area contributed by atoms with Crippen LogP contribution in [0.3, 0.4) is 0 Å². The second-order valence-corrected chi connectivity index (χ2v) is 10.2. The quantitative estimate of drug-likeness (QED) is 0.264. The summed E-state index contributed by atoms with van der Waals surface area (Å²) in [5.41, 5.74) is 5.52. The Morgan fingerprint density at radius 2 is 1.72 bits per heavy atom. The third-order valence-corrected chi connectivity index (χ3v) is 7.01. The topological polar surface area (TPSA) is 109 Å². The van der Waals surface area contributed by atoms with E-state index in [9.17, 15) is 9.59 Å². The van der Waals surface area contributed by atoms with Gasteiger partial charge in [0.15, 0.2) is 18.1 Å². The first kappa shape index (κ1) is 31.2. The van der Waals surface area contributed by atoms with Crippen LogP contribution in [0.25, 0.3) is 17.2 Å². The fraction of sp³-hybridized carbons (Fsp3) is 0.333. The number of carbonyl (C=O) groups is 2. The number of furan rings is 1. The van der Waals surface area contributed by atoms with Crippen LogP contribution in [-0.4, -0.2) is 72.0 Å². The van der Waals surface area contributed by atoms with Gasteiger partial charge in [-0.15, -0.1) is 0 Å². The molecule has 10 heteroatoms. The first-order chi connectivity index (χ1) is 20.7. The largest absolute Gasteiger partial charge is 0.497 e. The van der Waals surface area contributed by atoms with Crippen molar-refractivity contribution in [2.75, 3.05) is 55.2 Å². The molecule has 2 aromatic carbocycles. The lowest BCUT2D eigenvalue weighted by Crippen LogP contribution is -2.22. The average molecular weight is 591 g/mol. The number of likely N-dealkylation sites (N-methyl/N-ethyl adjacent to an activating group) is 1. The molecule has 10 nitrogen and oxygen atoms in total. The van der Waals surface area contributed by atoms with Crippen LogP contribution in [0.2, 0.25) is 0 Å². The van der Waals surface area contributed by atoms with Crippen molar-refractivity contribution in [3.8, 4) is 23.0 Å². The maximum absolute atomic E-state index is 13.0. The number of allylic oxidation sites excluding steroid dienone is 2. The number of amides is 1. The number of nitrogens with one attached hydrogen (secondary N) is 1. The number of rotatable bonds is 14. The molecule has 0 spiro atoms. The Hall–Kier alpha value is -4.70. The molecule has 0 saturated carbocycles. The van der Waals surface area contributed by atoms with Crippen molar-refractivity contribution in [1.29, 1.82) is 0 Å². The van der Waals surface area contributed by atoms with Crippen molar-refractivity contribution in [1.82, 2.24) is 10.2 Å². The molecule has 0 saturated heterocycles. The van der Waals surface area contributed by atoms with Gasteiger partial charge in [0.25, 0.3) is 0 Å². The molecular formula is C33H38N2O8. The zero-order valence-corrected chi connectivity index (χ0v) is 25.4. The Morgan fingerprint density at radius 1 is 0.977 bits per heavy atom. The van der Waals surface area contributed by atoms with Crippen molar-refractivity contribution < 1.29 is 37.7 Å². The minimum atomic E-state index is -0.489. The van der Waals surface area contributed by atoms with Crippen LogP contribution in [0.5, 0.6) is 23.0 Å². The van der Waals surface area contributed by atoms with Gasteiger partial charge in [-0.05, 0) is 96.9 Å². The van der Waals surface area contributed by atoms with Gasteiger partial charge < -0.3 is 38.3 Å². The normalized spacial score (nSPS) is 13.2. The number of hydrogen-bond acceptors (Lipinski definition) is 9. The molecule has 0 bridgehead atoms. The van der Waals surface area contributed by atoms with E-state index < -0.39 is 5.97 Å². The summed E-state index contributed by atoms with van der Waals surface area (Å²) in [6, 6.07) is 13.1.